The van der Waals surface area contributed by atoms with E-state index in [9.17, 15) is 4.79 Å². The molecular weight excluding hydrogens is 459 g/mol. The van der Waals surface area contributed by atoms with E-state index in [-0.39, 0.29) is 17.9 Å². The van der Waals surface area contributed by atoms with Gasteiger partial charge in [0.15, 0.2) is 5.54 Å². The Bertz CT molecular complexity index is 1250. The number of esters is 1. The van der Waals surface area contributed by atoms with Crippen molar-refractivity contribution in [3.63, 3.8) is 0 Å². The van der Waals surface area contributed by atoms with Gasteiger partial charge in [0.1, 0.15) is 0 Å². The van der Waals surface area contributed by atoms with Crippen molar-refractivity contribution in [1.82, 2.24) is 0 Å². The highest BCUT2D eigenvalue weighted by Crippen LogP contribution is 2.45. The van der Waals surface area contributed by atoms with Crippen molar-refractivity contribution in [2.45, 2.75) is 25.1 Å². The average Bonchev–Trinajstić information content (AvgIpc) is 3.30. The van der Waals surface area contributed by atoms with Gasteiger partial charge in [-0.2, -0.15) is 0 Å². The Balaban J connectivity index is 2.07. The standard InChI is InChI=1S/C27H22F3NO2S/c1-2-33-25(32)24(28)27(26(29)30,21-17-34-22-16-10-9-15-20(21)22)31-23(18-11-5-3-6-12-18)19-13-7-4-8-14-19/h3-17,24,26H,2H2,1H3. The maximum Gasteiger partial charge on any atom is 0.343 e. The first kappa shape index (κ1) is 23.7. The number of hydrogen-bond donors (Lipinski definition) is 0. The Hall–Kier alpha value is -3.45. The summed E-state index contributed by atoms with van der Waals surface area (Å²) in [6.45, 7) is 1.36. The van der Waals surface area contributed by atoms with Crippen molar-refractivity contribution in [3.8, 4) is 0 Å². The molecule has 0 aliphatic rings. The second-order valence-corrected chi connectivity index (χ2v) is 8.49. The van der Waals surface area contributed by atoms with E-state index < -0.39 is 24.1 Å². The molecule has 0 bridgehead atoms. The van der Waals surface area contributed by atoms with Crippen molar-refractivity contribution in [3.05, 3.63) is 107 Å². The first-order chi connectivity index (χ1) is 16.5. The van der Waals surface area contributed by atoms with Gasteiger partial charge in [-0.1, -0.05) is 78.9 Å². The number of halogens is 3. The fourth-order valence-corrected chi connectivity index (χ4v) is 4.91. The minimum atomic E-state index is -3.34. The van der Waals surface area contributed by atoms with E-state index in [0.29, 0.717) is 21.2 Å². The second kappa shape index (κ2) is 10.2. The van der Waals surface area contributed by atoms with Crippen LogP contribution in [0.15, 0.2) is 95.3 Å². The minimum absolute atomic E-state index is 0.0481. The largest absolute Gasteiger partial charge is 0.464 e. The van der Waals surface area contributed by atoms with Gasteiger partial charge in [0.25, 0.3) is 6.43 Å². The molecule has 1 heterocycles. The molecule has 0 amide bonds. The van der Waals surface area contributed by atoms with Crippen LogP contribution in [0.3, 0.4) is 0 Å². The summed E-state index contributed by atoms with van der Waals surface area (Å²) in [6.07, 6.45) is -6.07. The summed E-state index contributed by atoms with van der Waals surface area (Å²) in [5.41, 5.74) is -1.66. The van der Waals surface area contributed by atoms with E-state index >= 15 is 13.2 Å². The predicted octanol–water partition coefficient (Wildman–Crippen LogP) is 6.80. The van der Waals surface area contributed by atoms with Crippen molar-refractivity contribution in [2.75, 3.05) is 6.61 Å². The maximum atomic E-state index is 16.0. The van der Waals surface area contributed by atoms with Crippen molar-refractivity contribution in [1.29, 1.82) is 0 Å². The Morgan fingerprint density at radius 2 is 1.47 bits per heavy atom. The van der Waals surface area contributed by atoms with Crippen molar-refractivity contribution in [2.24, 2.45) is 4.99 Å². The van der Waals surface area contributed by atoms with Crippen molar-refractivity contribution < 1.29 is 22.7 Å². The molecule has 0 aliphatic heterocycles. The van der Waals surface area contributed by atoms with Crippen LogP contribution in [-0.2, 0) is 15.1 Å². The first-order valence-corrected chi connectivity index (χ1v) is 11.6. The van der Waals surface area contributed by atoms with Crippen LogP contribution in [0.1, 0.15) is 23.6 Å². The van der Waals surface area contributed by atoms with E-state index in [1.54, 1.807) is 84.9 Å². The van der Waals surface area contributed by atoms with Gasteiger partial charge in [0.05, 0.1) is 12.3 Å². The summed E-state index contributed by atoms with van der Waals surface area (Å²) in [6, 6.07) is 24.3. The van der Waals surface area contributed by atoms with Crippen LogP contribution in [0.25, 0.3) is 10.1 Å². The number of thiophene rings is 1. The number of hydrogen-bond acceptors (Lipinski definition) is 4. The molecule has 174 valence electrons. The van der Waals surface area contributed by atoms with Crippen LogP contribution in [0.5, 0.6) is 0 Å². The summed E-state index contributed by atoms with van der Waals surface area (Å²) < 4.78 is 51.8. The Morgan fingerprint density at radius 1 is 0.912 bits per heavy atom. The Labute approximate surface area is 199 Å². The summed E-state index contributed by atoms with van der Waals surface area (Å²) in [5, 5.41) is 1.88. The lowest BCUT2D eigenvalue weighted by atomic mass is 9.84. The molecule has 4 rings (SSSR count). The van der Waals surface area contributed by atoms with Gasteiger partial charge in [0, 0.05) is 21.4 Å². The first-order valence-electron chi connectivity index (χ1n) is 10.7. The second-order valence-electron chi connectivity index (χ2n) is 7.58. The van der Waals surface area contributed by atoms with Crippen LogP contribution >= 0.6 is 11.3 Å². The monoisotopic (exact) mass is 481 g/mol. The topological polar surface area (TPSA) is 38.7 Å². The van der Waals surface area contributed by atoms with E-state index in [1.165, 1.54) is 23.6 Å². The zero-order chi connectivity index (χ0) is 24.1. The Morgan fingerprint density at radius 3 is 2.03 bits per heavy atom. The zero-order valence-electron chi connectivity index (χ0n) is 18.3. The van der Waals surface area contributed by atoms with Crippen LogP contribution in [0.2, 0.25) is 0 Å². The summed E-state index contributed by atoms with van der Waals surface area (Å²) >= 11 is 1.20. The smallest absolute Gasteiger partial charge is 0.343 e. The molecule has 7 heteroatoms. The molecule has 0 saturated heterocycles. The fourth-order valence-electron chi connectivity index (χ4n) is 3.89. The number of rotatable bonds is 8. The number of ether oxygens (including phenoxy) is 1. The van der Waals surface area contributed by atoms with Gasteiger partial charge >= 0.3 is 5.97 Å². The molecule has 2 unspecified atom stereocenters. The SMILES string of the molecule is CCOC(=O)C(F)C(N=C(c1ccccc1)c1ccccc1)(c1csc2ccccc12)C(F)F. The van der Waals surface area contributed by atoms with E-state index in [2.05, 4.69) is 4.99 Å². The van der Waals surface area contributed by atoms with Crippen LogP contribution in [0.4, 0.5) is 13.2 Å². The van der Waals surface area contributed by atoms with Gasteiger partial charge < -0.3 is 4.74 Å². The molecule has 0 spiro atoms. The Kier molecular flexibility index (Phi) is 7.12. The van der Waals surface area contributed by atoms with Gasteiger partial charge in [-0.15, -0.1) is 11.3 Å². The minimum Gasteiger partial charge on any atom is -0.464 e. The highest BCUT2D eigenvalue weighted by molar-refractivity contribution is 7.17. The average molecular weight is 482 g/mol. The van der Waals surface area contributed by atoms with Gasteiger partial charge in [-0.05, 0) is 23.8 Å². The fraction of sp³-hybridized carbons (Fsp3) is 0.185. The molecule has 2 atom stereocenters. The predicted molar refractivity (Wildman–Crippen MR) is 130 cm³/mol. The molecule has 0 N–H and O–H groups in total. The quantitative estimate of drug-likeness (QED) is 0.205. The summed E-state index contributed by atoms with van der Waals surface area (Å²) in [5.74, 6) is -1.37. The lowest BCUT2D eigenvalue weighted by Crippen LogP contribution is -2.47. The third-order valence-electron chi connectivity index (χ3n) is 5.52. The lowest BCUT2D eigenvalue weighted by molar-refractivity contribution is -0.155. The number of benzene rings is 3. The molecule has 3 aromatic carbocycles. The molecule has 1 aromatic heterocycles. The number of nitrogens with zero attached hydrogens (tertiary/aromatic N) is 1. The molecular formula is C27H22F3NO2S. The van der Waals surface area contributed by atoms with Gasteiger partial charge in [-0.25, -0.2) is 18.0 Å². The molecule has 0 saturated carbocycles. The van der Waals surface area contributed by atoms with Gasteiger partial charge in [-0.3, -0.25) is 4.99 Å². The van der Waals surface area contributed by atoms with E-state index in [4.69, 9.17) is 4.74 Å². The van der Waals surface area contributed by atoms with Crippen molar-refractivity contribution >= 4 is 33.1 Å². The highest BCUT2D eigenvalue weighted by Gasteiger charge is 2.55. The molecule has 3 nitrogen and oxygen atoms in total. The molecule has 0 radical (unpaired) electrons. The summed E-state index contributed by atoms with van der Waals surface area (Å²) in [7, 11) is 0. The number of fused-ring (bicyclic) bond motifs is 1. The molecule has 34 heavy (non-hydrogen) atoms. The number of carbonyl (C=O) groups is 1. The van der Waals surface area contributed by atoms with E-state index in [1.807, 2.05) is 0 Å². The van der Waals surface area contributed by atoms with Gasteiger partial charge in [0.2, 0.25) is 6.17 Å². The molecule has 4 aromatic rings. The van der Waals surface area contributed by atoms with Crippen LogP contribution in [-0.4, -0.2) is 30.9 Å². The highest BCUT2D eigenvalue weighted by atomic mass is 32.1. The lowest BCUT2D eigenvalue weighted by Gasteiger charge is -2.32. The summed E-state index contributed by atoms with van der Waals surface area (Å²) in [4.78, 5) is 17.0. The zero-order valence-corrected chi connectivity index (χ0v) is 19.1. The third-order valence-corrected chi connectivity index (χ3v) is 6.48. The normalized spacial score (nSPS) is 13.9. The van der Waals surface area contributed by atoms with Crippen LogP contribution < -0.4 is 0 Å². The number of aliphatic imine (C=N–C) groups is 1. The van der Waals surface area contributed by atoms with Crippen LogP contribution in [0, 0.1) is 0 Å². The van der Waals surface area contributed by atoms with E-state index in [0.717, 1.165) is 0 Å². The maximum absolute atomic E-state index is 16.0. The molecule has 0 aliphatic carbocycles. The molecule has 0 fully saturated rings. The third kappa shape index (κ3) is 4.35. The number of carbonyl (C=O) groups excluding carboxylic acids is 1. The number of alkyl halides is 3.